The lowest BCUT2D eigenvalue weighted by atomic mass is 10.1. The molecule has 0 saturated heterocycles. The van der Waals surface area contributed by atoms with Crippen LogP contribution in [0.25, 0.3) is 10.9 Å². The fourth-order valence-electron chi connectivity index (χ4n) is 3.64. The molecule has 1 unspecified atom stereocenters. The van der Waals surface area contributed by atoms with E-state index in [9.17, 15) is 0 Å². The van der Waals surface area contributed by atoms with Crippen molar-refractivity contribution in [1.82, 2.24) is 30.4 Å². The molecule has 8 nitrogen and oxygen atoms in total. The summed E-state index contributed by atoms with van der Waals surface area (Å²) in [5, 5.41) is 12.6. The highest BCUT2D eigenvalue weighted by Gasteiger charge is 2.22. The average Bonchev–Trinajstić information content (AvgIpc) is 3.14. The predicted molar refractivity (Wildman–Crippen MR) is 113 cm³/mol. The summed E-state index contributed by atoms with van der Waals surface area (Å²) in [7, 11) is 1.66. The van der Waals surface area contributed by atoms with Crippen LogP contribution in [0.3, 0.4) is 0 Å². The van der Waals surface area contributed by atoms with Gasteiger partial charge < -0.3 is 15.4 Å². The SMILES string of the molecule is CCNC(=NCc1ccnc2ccccc12)NC1CCc2nc(COC)nn2C1. The molecular weight excluding hydrogens is 366 g/mol. The van der Waals surface area contributed by atoms with Gasteiger partial charge in [0.1, 0.15) is 12.4 Å². The average molecular weight is 393 g/mol. The highest BCUT2D eigenvalue weighted by atomic mass is 16.5. The molecule has 4 rings (SSSR count). The van der Waals surface area contributed by atoms with Gasteiger partial charge in [0.05, 0.1) is 18.6 Å². The van der Waals surface area contributed by atoms with Gasteiger partial charge in [-0.25, -0.2) is 14.7 Å². The summed E-state index contributed by atoms with van der Waals surface area (Å²) in [6.45, 7) is 4.70. The van der Waals surface area contributed by atoms with Crippen molar-refractivity contribution in [2.75, 3.05) is 13.7 Å². The third-order valence-corrected chi connectivity index (χ3v) is 5.01. The number of methoxy groups -OCH3 is 1. The van der Waals surface area contributed by atoms with E-state index in [2.05, 4.69) is 38.7 Å². The lowest BCUT2D eigenvalue weighted by molar-refractivity contribution is 0.177. The Labute approximate surface area is 170 Å². The van der Waals surface area contributed by atoms with Crippen molar-refractivity contribution in [3.8, 4) is 0 Å². The molecule has 1 aromatic carbocycles. The van der Waals surface area contributed by atoms with Crippen LogP contribution in [0.2, 0.25) is 0 Å². The van der Waals surface area contributed by atoms with E-state index in [0.29, 0.717) is 13.2 Å². The summed E-state index contributed by atoms with van der Waals surface area (Å²) in [5.41, 5.74) is 2.16. The Balaban J connectivity index is 1.46. The fourth-order valence-corrected chi connectivity index (χ4v) is 3.64. The Bertz CT molecular complexity index is 992. The van der Waals surface area contributed by atoms with Crippen molar-refractivity contribution >= 4 is 16.9 Å². The molecule has 0 bridgehead atoms. The van der Waals surface area contributed by atoms with Crippen LogP contribution in [0.4, 0.5) is 0 Å². The minimum atomic E-state index is 0.256. The minimum Gasteiger partial charge on any atom is -0.377 e. The molecule has 0 amide bonds. The second kappa shape index (κ2) is 9.00. The van der Waals surface area contributed by atoms with Gasteiger partial charge in [-0.1, -0.05) is 18.2 Å². The van der Waals surface area contributed by atoms with Crippen molar-refractivity contribution < 1.29 is 4.74 Å². The van der Waals surface area contributed by atoms with Gasteiger partial charge in [0.2, 0.25) is 0 Å². The largest absolute Gasteiger partial charge is 0.377 e. The molecular formula is C21H27N7O. The number of aromatic nitrogens is 4. The quantitative estimate of drug-likeness (QED) is 0.492. The van der Waals surface area contributed by atoms with E-state index in [1.165, 1.54) is 5.56 Å². The number of aryl methyl sites for hydroxylation is 1. The smallest absolute Gasteiger partial charge is 0.191 e. The third kappa shape index (κ3) is 4.54. The Morgan fingerprint density at radius 2 is 2.21 bits per heavy atom. The van der Waals surface area contributed by atoms with Gasteiger partial charge >= 0.3 is 0 Å². The summed E-state index contributed by atoms with van der Waals surface area (Å²) in [6, 6.07) is 10.5. The molecule has 0 spiro atoms. The van der Waals surface area contributed by atoms with Crippen molar-refractivity contribution in [1.29, 1.82) is 0 Å². The molecule has 1 aliphatic rings. The van der Waals surface area contributed by atoms with E-state index in [1.807, 2.05) is 35.1 Å². The van der Waals surface area contributed by atoms with Crippen LogP contribution in [-0.4, -0.2) is 45.4 Å². The standard InChI is InChI=1S/C21H27N7O/c1-3-22-21(24-12-15-10-11-23-18-7-5-4-6-17(15)18)25-16-8-9-20-26-19(14-29-2)27-28(20)13-16/h4-7,10-11,16H,3,8-9,12-14H2,1-2H3,(H2,22,24,25). The Morgan fingerprint density at radius 1 is 1.31 bits per heavy atom. The first-order chi connectivity index (χ1) is 14.3. The van der Waals surface area contributed by atoms with Gasteiger partial charge in [0.25, 0.3) is 0 Å². The van der Waals surface area contributed by atoms with Crippen LogP contribution in [0.5, 0.6) is 0 Å². The molecule has 0 saturated carbocycles. The summed E-state index contributed by atoms with van der Waals surface area (Å²) in [4.78, 5) is 13.8. The van der Waals surface area contributed by atoms with Crippen LogP contribution in [0, 0.1) is 0 Å². The maximum absolute atomic E-state index is 5.15. The van der Waals surface area contributed by atoms with Gasteiger partial charge in [0.15, 0.2) is 11.8 Å². The van der Waals surface area contributed by atoms with Gasteiger partial charge in [-0.05, 0) is 31.0 Å². The van der Waals surface area contributed by atoms with Crippen LogP contribution in [0.15, 0.2) is 41.5 Å². The summed E-state index contributed by atoms with van der Waals surface area (Å²) in [6.07, 6.45) is 3.73. The van der Waals surface area contributed by atoms with Crippen LogP contribution >= 0.6 is 0 Å². The van der Waals surface area contributed by atoms with E-state index in [1.54, 1.807) is 7.11 Å². The molecule has 0 aliphatic carbocycles. The number of aliphatic imine (C=N–C) groups is 1. The molecule has 3 heterocycles. The number of nitrogens with zero attached hydrogens (tertiary/aromatic N) is 5. The Kier molecular flexibility index (Phi) is 6.00. The van der Waals surface area contributed by atoms with E-state index < -0.39 is 0 Å². The number of ether oxygens (including phenoxy) is 1. The number of fused-ring (bicyclic) bond motifs is 2. The Hall–Kier alpha value is -3.00. The number of rotatable bonds is 6. The van der Waals surface area contributed by atoms with E-state index in [4.69, 9.17) is 9.73 Å². The van der Waals surface area contributed by atoms with Crippen LogP contribution in [0.1, 0.15) is 30.6 Å². The first kappa shape index (κ1) is 19.3. The molecule has 0 fully saturated rings. The first-order valence-electron chi connectivity index (χ1n) is 10.1. The molecule has 3 aromatic rings. The molecule has 152 valence electrons. The fraction of sp³-hybridized carbons (Fsp3) is 0.429. The van der Waals surface area contributed by atoms with Crippen molar-refractivity contribution in [2.45, 2.75) is 45.5 Å². The molecule has 2 aromatic heterocycles. The third-order valence-electron chi connectivity index (χ3n) is 5.01. The molecule has 1 atom stereocenters. The maximum Gasteiger partial charge on any atom is 0.191 e. The van der Waals surface area contributed by atoms with Crippen LogP contribution < -0.4 is 10.6 Å². The van der Waals surface area contributed by atoms with E-state index in [-0.39, 0.29) is 6.04 Å². The van der Waals surface area contributed by atoms with Gasteiger partial charge in [-0.15, -0.1) is 0 Å². The normalized spacial score (nSPS) is 16.6. The highest BCUT2D eigenvalue weighted by molar-refractivity contribution is 5.83. The zero-order valence-corrected chi connectivity index (χ0v) is 16.9. The van der Waals surface area contributed by atoms with Gasteiger partial charge in [0, 0.05) is 37.7 Å². The predicted octanol–water partition coefficient (Wildman–Crippen LogP) is 2.04. The number of pyridine rings is 1. The second-order valence-electron chi connectivity index (χ2n) is 7.12. The Morgan fingerprint density at radius 3 is 3.07 bits per heavy atom. The molecule has 0 radical (unpaired) electrons. The number of para-hydroxylation sites is 1. The molecule has 1 aliphatic heterocycles. The number of hydrogen-bond acceptors (Lipinski definition) is 5. The summed E-state index contributed by atoms with van der Waals surface area (Å²) in [5.74, 6) is 2.59. The van der Waals surface area contributed by atoms with Crippen LogP contribution in [-0.2, 0) is 30.9 Å². The molecule has 2 N–H and O–H groups in total. The monoisotopic (exact) mass is 393 g/mol. The molecule has 29 heavy (non-hydrogen) atoms. The number of guanidine groups is 1. The highest BCUT2D eigenvalue weighted by Crippen LogP contribution is 2.17. The zero-order valence-electron chi connectivity index (χ0n) is 16.9. The summed E-state index contributed by atoms with van der Waals surface area (Å²) >= 11 is 0. The number of benzene rings is 1. The number of nitrogens with one attached hydrogen (secondary N) is 2. The van der Waals surface area contributed by atoms with Crippen molar-refractivity contribution in [3.05, 3.63) is 53.7 Å². The maximum atomic E-state index is 5.15. The van der Waals surface area contributed by atoms with Gasteiger partial charge in [-0.2, -0.15) is 5.10 Å². The van der Waals surface area contributed by atoms with Crippen molar-refractivity contribution in [2.24, 2.45) is 4.99 Å². The van der Waals surface area contributed by atoms with E-state index in [0.717, 1.165) is 54.4 Å². The number of hydrogen-bond donors (Lipinski definition) is 2. The lowest BCUT2D eigenvalue weighted by Crippen LogP contribution is -2.47. The zero-order chi connectivity index (χ0) is 20.1. The molecule has 8 heteroatoms. The van der Waals surface area contributed by atoms with Crippen molar-refractivity contribution in [3.63, 3.8) is 0 Å². The lowest BCUT2D eigenvalue weighted by Gasteiger charge is -2.25. The van der Waals surface area contributed by atoms with E-state index >= 15 is 0 Å². The first-order valence-corrected chi connectivity index (χ1v) is 10.1. The minimum absolute atomic E-state index is 0.256. The second-order valence-corrected chi connectivity index (χ2v) is 7.12. The topological polar surface area (TPSA) is 89.2 Å². The summed E-state index contributed by atoms with van der Waals surface area (Å²) < 4.78 is 7.13. The van der Waals surface area contributed by atoms with Gasteiger partial charge in [-0.3, -0.25) is 4.98 Å².